The summed E-state index contributed by atoms with van der Waals surface area (Å²) in [6, 6.07) is 21.7. The van der Waals surface area contributed by atoms with Crippen LogP contribution in [0.2, 0.25) is 0 Å². The number of nitrogens with one attached hydrogen (secondary N) is 1. The highest BCUT2D eigenvalue weighted by atomic mass is 32.2. The third-order valence-corrected chi connectivity index (χ3v) is 9.72. The zero-order valence-corrected chi connectivity index (χ0v) is 27.7. The fourth-order valence-electron chi connectivity index (χ4n) is 5.70. The third kappa shape index (κ3) is 6.40. The van der Waals surface area contributed by atoms with Gasteiger partial charge >= 0.3 is 0 Å². The second kappa shape index (κ2) is 12.5. The van der Waals surface area contributed by atoms with Crippen LogP contribution in [0.25, 0.3) is 33.2 Å². The van der Waals surface area contributed by atoms with Gasteiger partial charge in [0.2, 0.25) is 16.0 Å². The van der Waals surface area contributed by atoms with E-state index in [-0.39, 0.29) is 23.0 Å². The molecule has 242 valence electrons. The van der Waals surface area contributed by atoms with Gasteiger partial charge < -0.3 is 19.7 Å². The first-order valence-electron chi connectivity index (χ1n) is 15.0. The normalized spacial score (nSPS) is 11.9. The number of aryl methyl sites for hydroxylation is 2. The highest BCUT2D eigenvalue weighted by Crippen LogP contribution is 2.37. The lowest BCUT2D eigenvalue weighted by atomic mass is 10.1. The summed E-state index contributed by atoms with van der Waals surface area (Å²) in [5.74, 6) is -0.114. The molecule has 47 heavy (non-hydrogen) atoms. The van der Waals surface area contributed by atoms with E-state index in [2.05, 4.69) is 16.4 Å². The van der Waals surface area contributed by atoms with Crippen LogP contribution in [0.1, 0.15) is 11.1 Å². The molecule has 6 aromatic rings. The first kappa shape index (κ1) is 31.7. The van der Waals surface area contributed by atoms with Gasteiger partial charge in [-0.2, -0.15) is 4.98 Å². The maximum Gasteiger partial charge on any atom is 0.294 e. The maximum absolute atomic E-state index is 13.8. The van der Waals surface area contributed by atoms with Crippen molar-refractivity contribution in [3.05, 3.63) is 106 Å². The molecule has 0 atom stereocenters. The van der Waals surface area contributed by atoms with E-state index < -0.39 is 14.9 Å². The number of likely N-dealkylation sites (N-methyl/N-ethyl adjacent to an activating group) is 2. The predicted molar refractivity (Wildman–Crippen MR) is 187 cm³/mol. The van der Waals surface area contributed by atoms with E-state index in [4.69, 9.17) is 4.98 Å². The number of fused-ring (bicyclic) bond motifs is 2. The Kier molecular flexibility index (Phi) is 8.43. The van der Waals surface area contributed by atoms with Gasteiger partial charge in [0, 0.05) is 73.2 Å². The summed E-state index contributed by atoms with van der Waals surface area (Å²) in [6.07, 6.45) is 3.47. The summed E-state index contributed by atoms with van der Waals surface area (Å²) >= 11 is 0. The summed E-state index contributed by atoms with van der Waals surface area (Å²) in [6.45, 7) is 3.34. The van der Waals surface area contributed by atoms with Crippen LogP contribution in [0.5, 0.6) is 0 Å². The Bertz CT molecular complexity index is 2230. The topological polar surface area (TPSA) is 131 Å². The average Bonchev–Trinajstić information content (AvgIpc) is 3.61. The van der Waals surface area contributed by atoms with Crippen LogP contribution in [-0.4, -0.2) is 71.0 Å². The third-order valence-electron chi connectivity index (χ3n) is 8.12. The molecule has 1 N–H and O–H groups in total. The Morgan fingerprint density at radius 1 is 0.936 bits per heavy atom. The number of anilines is 3. The van der Waals surface area contributed by atoms with E-state index in [0.29, 0.717) is 34.6 Å². The van der Waals surface area contributed by atoms with Gasteiger partial charge in [0.05, 0.1) is 16.4 Å². The smallest absolute Gasteiger partial charge is 0.294 e. The molecule has 0 spiro atoms. The van der Waals surface area contributed by atoms with Crippen molar-refractivity contribution in [1.82, 2.24) is 23.4 Å². The first-order chi connectivity index (χ1) is 22.4. The highest BCUT2D eigenvalue weighted by molar-refractivity contribution is 7.89. The zero-order valence-electron chi connectivity index (χ0n) is 26.9. The summed E-state index contributed by atoms with van der Waals surface area (Å²) in [7, 11) is 3.78. The van der Waals surface area contributed by atoms with Crippen LogP contribution >= 0.6 is 0 Å². The summed E-state index contributed by atoms with van der Waals surface area (Å²) in [4.78, 5) is 25.2. The van der Waals surface area contributed by atoms with Gasteiger partial charge in [-0.05, 0) is 56.9 Å². The van der Waals surface area contributed by atoms with E-state index >= 15 is 0 Å². The van der Waals surface area contributed by atoms with Crippen molar-refractivity contribution in [2.24, 2.45) is 7.05 Å². The lowest BCUT2D eigenvalue weighted by Crippen LogP contribution is -2.28. The van der Waals surface area contributed by atoms with Crippen molar-refractivity contribution in [3.8, 4) is 11.3 Å². The van der Waals surface area contributed by atoms with Gasteiger partial charge in [-0.3, -0.25) is 10.1 Å². The fourth-order valence-corrected chi connectivity index (χ4v) is 7.10. The standard InChI is InChI=1S/C34H36N8O4S/c1-23-11-13-29-27(19-23)28(21-40(29)5)32-26-15-16-41(47(45,46)22-24-9-7-6-8-10-24)33(26)37-34(36-32)35-25-12-14-30(31(20-25)42(43)44)39(4)18-17-38(2)3/h6-16,19-21H,17-18,22H2,1-5H3,(H,35,36,37). The van der Waals surface area contributed by atoms with Crippen LogP contribution in [0.3, 0.4) is 0 Å². The quantitative estimate of drug-likeness (QED) is 0.134. The van der Waals surface area contributed by atoms with Gasteiger partial charge in [0.25, 0.3) is 5.69 Å². The minimum absolute atomic E-state index is 0.0732. The monoisotopic (exact) mass is 652 g/mol. The van der Waals surface area contributed by atoms with Crippen LogP contribution in [0.15, 0.2) is 85.2 Å². The second-order valence-electron chi connectivity index (χ2n) is 12.0. The molecular formula is C34H36N8O4S. The van der Waals surface area contributed by atoms with Gasteiger partial charge in [-0.1, -0.05) is 42.0 Å². The number of nitrogens with zero attached hydrogens (tertiary/aromatic N) is 7. The van der Waals surface area contributed by atoms with E-state index in [9.17, 15) is 18.5 Å². The highest BCUT2D eigenvalue weighted by Gasteiger charge is 2.24. The van der Waals surface area contributed by atoms with E-state index in [0.717, 1.165) is 28.6 Å². The fraction of sp³-hybridized carbons (Fsp3) is 0.235. The summed E-state index contributed by atoms with van der Waals surface area (Å²) in [5, 5.41) is 16.8. The Hall–Kier alpha value is -5.27. The van der Waals surface area contributed by atoms with Gasteiger partial charge in [0.1, 0.15) is 5.69 Å². The van der Waals surface area contributed by atoms with Crippen molar-refractivity contribution < 1.29 is 13.3 Å². The molecule has 0 fully saturated rings. The number of hydrogen-bond acceptors (Lipinski definition) is 9. The van der Waals surface area contributed by atoms with E-state index in [1.165, 1.54) is 16.2 Å². The Labute approximate surface area is 273 Å². The second-order valence-corrected chi connectivity index (χ2v) is 13.8. The van der Waals surface area contributed by atoms with Crippen LogP contribution in [-0.2, 0) is 22.8 Å². The summed E-state index contributed by atoms with van der Waals surface area (Å²) in [5.41, 5.74) is 5.06. The van der Waals surface area contributed by atoms with Crippen LogP contribution < -0.4 is 10.2 Å². The molecule has 0 bridgehead atoms. The van der Waals surface area contributed by atoms with Crippen LogP contribution in [0.4, 0.5) is 23.0 Å². The van der Waals surface area contributed by atoms with Gasteiger partial charge in [-0.25, -0.2) is 17.4 Å². The lowest BCUT2D eigenvalue weighted by molar-refractivity contribution is -0.384. The Balaban J connectivity index is 1.49. The molecule has 0 aliphatic heterocycles. The molecule has 13 heteroatoms. The number of nitro benzene ring substituents is 1. The molecule has 3 heterocycles. The minimum atomic E-state index is -3.88. The minimum Gasteiger partial charge on any atom is -0.368 e. The van der Waals surface area contributed by atoms with Gasteiger partial charge in [-0.15, -0.1) is 0 Å². The Morgan fingerprint density at radius 2 is 1.70 bits per heavy atom. The van der Waals surface area contributed by atoms with Gasteiger partial charge in [0.15, 0.2) is 5.65 Å². The molecule has 0 aliphatic carbocycles. The lowest BCUT2D eigenvalue weighted by Gasteiger charge is -2.21. The molecule has 12 nitrogen and oxygen atoms in total. The first-order valence-corrected chi connectivity index (χ1v) is 16.7. The molecule has 6 rings (SSSR count). The van der Waals surface area contributed by atoms with Crippen LogP contribution in [0, 0.1) is 17.0 Å². The summed E-state index contributed by atoms with van der Waals surface area (Å²) < 4.78 is 30.7. The number of benzene rings is 3. The Morgan fingerprint density at radius 3 is 2.43 bits per heavy atom. The molecule has 3 aromatic heterocycles. The number of aromatic nitrogens is 4. The maximum atomic E-state index is 13.8. The molecule has 0 saturated carbocycles. The molecule has 0 amide bonds. The molecule has 3 aromatic carbocycles. The van der Waals surface area contributed by atoms with Crippen molar-refractivity contribution >= 4 is 55.0 Å². The zero-order chi connectivity index (χ0) is 33.5. The van der Waals surface area contributed by atoms with E-state index in [1.807, 2.05) is 73.9 Å². The molecule has 0 radical (unpaired) electrons. The number of nitro groups is 1. The van der Waals surface area contributed by atoms with Crippen molar-refractivity contribution in [3.63, 3.8) is 0 Å². The SMILES string of the molecule is Cc1ccc2c(c1)c(-c1nc(Nc3ccc(N(C)CCN(C)C)c([N+](=O)[O-])c3)nc3c1ccn3S(=O)(=O)Cc1ccccc1)cn2C. The largest absolute Gasteiger partial charge is 0.368 e. The number of hydrogen-bond donors (Lipinski definition) is 1. The molecular weight excluding hydrogens is 616 g/mol. The van der Waals surface area contributed by atoms with Crippen molar-refractivity contribution in [2.45, 2.75) is 12.7 Å². The van der Waals surface area contributed by atoms with Crippen molar-refractivity contribution in [1.29, 1.82) is 0 Å². The molecule has 0 saturated heterocycles. The molecule has 0 unspecified atom stereocenters. The predicted octanol–water partition coefficient (Wildman–Crippen LogP) is 5.93. The number of rotatable bonds is 11. The molecule has 0 aliphatic rings. The van der Waals surface area contributed by atoms with Crippen molar-refractivity contribution in [2.75, 3.05) is 44.4 Å². The average molecular weight is 653 g/mol. The van der Waals surface area contributed by atoms with E-state index in [1.54, 1.807) is 42.5 Å².